The normalized spacial score (nSPS) is 10.0. The van der Waals surface area contributed by atoms with Gasteiger partial charge >= 0.3 is 0 Å². The van der Waals surface area contributed by atoms with Crippen molar-refractivity contribution in [3.05, 3.63) is 23.8 Å². The van der Waals surface area contributed by atoms with Crippen LogP contribution in [0.4, 0.5) is 5.69 Å². The second-order valence-electron chi connectivity index (χ2n) is 3.25. The van der Waals surface area contributed by atoms with E-state index in [0.29, 0.717) is 18.8 Å². The number of hydrogen-bond acceptors (Lipinski definition) is 3. The maximum atomic E-state index is 11.9. The molecule has 1 aromatic rings. The molecule has 1 aromatic carbocycles. The maximum absolute atomic E-state index is 11.9. The van der Waals surface area contributed by atoms with Gasteiger partial charge in [0.15, 0.2) is 0 Å². The van der Waals surface area contributed by atoms with Gasteiger partial charge in [0.25, 0.3) is 5.91 Å². The number of nitrogens with two attached hydrogens (primary N) is 1. The van der Waals surface area contributed by atoms with Gasteiger partial charge in [0.05, 0.1) is 5.56 Å². The minimum atomic E-state index is -0.190. The van der Waals surface area contributed by atoms with Crippen molar-refractivity contribution in [1.29, 1.82) is 0 Å². The highest BCUT2D eigenvalue weighted by atomic mass is 16.3. The Morgan fingerprint density at radius 2 is 2.00 bits per heavy atom. The van der Waals surface area contributed by atoms with E-state index in [1.807, 2.05) is 13.8 Å². The molecule has 0 aromatic heterocycles. The number of aromatic hydroxyl groups is 1. The van der Waals surface area contributed by atoms with Gasteiger partial charge in [-0.2, -0.15) is 0 Å². The average Bonchev–Trinajstić information content (AvgIpc) is 2.23. The first-order chi connectivity index (χ1) is 7.10. The molecule has 0 saturated heterocycles. The Kier molecular flexibility index (Phi) is 3.55. The van der Waals surface area contributed by atoms with Crippen LogP contribution >= 0.6 is 0 Å². The van der Waals surface area contributed by atoms with Gasteiger partial charge in [-0.25, -0.2) is 0 Å². The summed E-state index contributed by atoms with van der Waals surface area (Å²) in [5, 5.41) is 9.54. The molecular weight excluding hydrogens is 192 g/mol. The Labute approximate surface area is 89.3 Å². The van der Waals surface area contributed by atoms with Crippen molar-refractivity contribution >= 4 is 11.6 Å². The first kappa shape index (κ1) is 11.4. The molecule has 82 valence electrons. The molecule has 0 aliphatic rings. The van der Waals surface area contributed by atoms with E-state index in [9.17, 15) is 9.90 Å². The van der Waals surface area contributed by atoms with Crippen LogP contribution < -0.4 is 5.73 Å². The highest BCUT2D eigenvalue weighted by molar-refractivity contribution is 5.97. The summed E-state index contributed by atoms with van der Waals surface area (Å²) in [7, 11) is 0. The molecule has 0 atom stereocenters. The number of phenols is 1. The summed E-state index contributed by atoms with van der Waals surface area (Å²) in [6.07, 6.45) is 0. The molecule has 0 spiro atoms. The van der Waals surface area contributed by atoms with Crippen LogP contribution in [0, 0.1) is 0 Å². The Bertz CT molecular complexity index is 360. The zero-order chi connectivity index (χ0) is 11.4. The summed E-state index contributed by atoms with van der Waals surface area (Å²) in [5.74, 6) is -0.217. The highest BCUT2D eigenvalue weighted by Gasteiger charge is 2.16. The molecule has 0 heterocycles. The number of amides is 1. The molecule has 0 fully saturated rings. The van der Waals surface area contributed by atoms with E-state index in [1.165, 1.54) is 12.1 Å². The molecule has 3 N–H and O–H groups in total. The van der Waals surface area contributed by atoms with Crippen LogP contribution in [-0.2, 0) is 0 Å². The summed E-state index contributed by atoms with van der Waals surface area (Å²) in [6, 6.07) is 4.50. The molecule has 1 amide bonds. The van der Waals surface area contributed by atoms with Gasteiger partial charge < -0.3 is 15.7 Å². The van der Waals surface area contributed by atoms with Crippen molar-refractivity contribution in [2.24, 2.45) is 0 Å². The van der Waals surface area contributed by atoms with Crippen LogP contribution in [0.25, 0.3) is 0 Å². The third kappa shape index (κ3) is 2.40. The number of nitrogen functional groups attached to an aromatic ring is 1. The molecular formula is C11H16N2O2. The summed E-state index contributed by atoms with van der Waals surface area (Å²) in [6.45, 7) is 5.02. The summed E-state index contributed by atoms with van der Waals surface area (Å²) >= 11 is 0. The number of carbonyl (C=O) groups is 1. The molecule has 0 bridgehead atoms. The molecule has 4 nitrogen and oxygen atoms in total. The van der Waals surface area contributed by atoms with Gasteiger partial charge in [0.1, 0.15) is 5.75 Å². The second-order valence-corrected chi connectivity index (χ2v) is 3.25. The number of phenolic OH excluding ortho intramolecular Hbond substituents is 1. The summed E-state index contributed by atoms with van der Waals surface area (Å²) in [4.78, 5) is 13.5. The zero-order valence-corrected chi connectivity index (χ0v) is 9.03. The van der Waals surface area contributed by atoms with E-state index in [-0.39, 0.29) is 17.2 Å². The molecule has 1 rings (SSSR count). The highest BCUT2D eigenvalue weighted by Crippen LogP contribution is 2.21. The minimum absolute atomic E-state index is 0.0268. The number of hydrogen-bond donors (Lipinski definition) is 2. The Balaban J connectivity index is 3.04. The van der Waals surface area contributed by atoms with E-state index in [4.69, 9.17) is 5.73 Å². The van der Waals surface area contributed by atoms with E-state index in [1.54, 1.807) is 11.0 Å². The first-order valence-electron chi connectivity index (χ1n) is 4.97. The molecule has 0 saturated carbocycles. The van der Waals surface area contributed by atoms with Crippen LogP contribution in [-0.4, -0.2) is 29.0 Å². The number of carbonyl (C=O) groups excluding carboxylic acids is 1. The smallest absolute Gasteiger partial charge is 0.257 e. The van der Waals surface area contributed by atoms with Crippen molar-refractivity contribution in [1.82, 2.24) is 4.90 Å². The number of anilines is 1. The number of nitrogens with zero attached hydrogens (tertiary/aromatic N) is 1. The average molecular weight is 208 g/mol. The maximum Gasteiger partial charge on any atom is 0.257 e. The third-order valence-corrected chi connectivity index (χ3v) is 2.30. The van der Waals surface area contributed by atoms with Gasteiger partial charge in [0, 0.05) is 18.8 Å². The quantitative estimate of drug-likeness (QED) is 0.583. The lowest BCUT2D eigenvalue weighted by molar-refractivity contribution is 0.0770. The Morgan fingerprint density at radius 1 is 1.40 bits per heavy atom. The fourth-order valence-electron chi connectivity index (χ4n) is 1.41. The van der Waals surface area contributed by atoms with Crippen LogP contribution in [0.3, 0.4) is 0 Å². The van der Waals surface area contributed by atoms with E-state index >= 15 is 0 Å². The van der Waals surface area contributed by atoms with Crippen molar-refractivity contribution in [3.63, 3.8) is 0 Å². The third-order valence-electron chi connectivity index (χ3n) is 2.30. The molecule has 4 heteroatoms. The SMILES string of the molecule is CCN(CC)C(=O)c1cc(N)ccc1O. The van der Waals surface area contributed by atoms with Crippen LogP contribution in [0.15, 0.2) is 18.2 Å². The molecule has 0 unspecified atom stereocenters. The molecule has 0 aliphatic carbocycles. The van der Waals surface area contributed by atoms with Gasteiger partial charge in [-0.15, -0.1) is 0 Å². The number of rotatable bonds is 3. The predicted octanol–water partition coefficient (Wildman–Crippen LogP) is 1.46. The minimum Gasteiger partial charge on any atom is -0.507 e. The first-order valence-corrected chi connectivity index (χ1v) is 4.97. The van der Waals surface area contributed by atoms with E-state index in [0.717, 1.165) is 0 Å². The monoisotopic (exact) mass is 208 g/mol. The van der Waals surface area contributed by atoms with Gasteiger partial charge in [-0.05, 0) is 32.0 Å². The topological polar surface area (TPSA) is 66.6 Å². The van der Waals surface area contributed by atoms with Gasteiger partial charge in [-0.1, -0.05) is 0 Å². The lowest BCUT2D eigenvalue weighted by atomic mass is 10.1. The van der Waals surface area contributed by atoms with Crippen LogP contribution in [0.5, 0.6) is 5.75 Å². The zero-order valence-electron chi connectivity index (χ0n) is 9.03. The van der Waals surface area contributed by atoms with E-state index in [2.05, 4.69) is 0 Å². The molecule has 0 aliphatic heterocycles. The van der Waals surface area contributed by atoms with Crippen molar-refractivity contribution in [2.45, 2.75) is 13.8 Å². The van der Waals surface area contributed by atoms with Crippen LogP contribution in [0.1, 0.15) is 24.2 Å². The fourth-order valence-corrected chi connectivity index (χ4v) is 1.41. The molecule has 0 radical (unpaired) electrons. The molecule has 15 heavy (non-hydrogen) atoms. The standard InChI is InChI=1S/C11H16N2O2/c1-3-13(4-2)11(15)9-7-8(12)5-6-10(9)14/h5-7,14H,3-4,12H2,1-2H3. The number of benzene rings is 1. The van der Waals surface area contributed by atoms with Gasteiger partial charge in [0.2, 0.25) is 0 Å². The predicted molar refractivity (Wildman–Crippen MR) is 59.8 cm³/mol. The summed E-state index contributed by atoms with van der Waals surface area (Å²) < 4.78 is 0. The Morgan fingerprint density at radius 3 is 2.53 bits per heavy atom. The fraction of sp³-hybridized carbons (Fsp3) is 0.364. The van der Waals surface area contributed by atoms with Crippen molar-refractivity contribution in [2.75, 3.05) is 18.8 Å². The van der Waals surface area contributed by atoms with Crippen LogP contribution in [0.2, 0.25) is 0 Å². The lowest BCUT2D eigenvalue weighted by Gasteiger charge is -2.19. The summed E-state index contributed by atoms with van der Waals surface area (Å²) in [5.41, 5.74) is 6.30. The van der Waals surface area contributed by atoms with Crippen molar-refractivity contribution in [3.8, 4) is 5.75 Å². The largest absolute Gasteiger partial charge is 0.507 e. The van der Waals surface area contributed by atoms with Gasteiger partial charge in [-0.3, -0.25) is 4.79 Å². The van der Waals surface area contributed by atoms with Crippen molar-refractivity contribution < 1.29 is 9.90 Å². The second kappa shape index (κ2) is 4.68. The Hall–Kier alpha value is -1.71. The lowest BCUT2D eigenvalue weighted by Crippen LogP contribution is -2.30. The van der Waals surface area contributed by atoms with E-state index < -0.39 is 0 Å².